The van der Waals surface area contributed by atoms with E-state index in [9.17, 15) is 9.59 Å². The van der Waals surface area contributed by atoms with Crippen molar-refractivity contribution in [1.29, 1.82) is 0 Å². The molecular formula is C23H22N2O4. The van der Waals surface area contributed by atoms with E-state index in [0.29, 0.717) is 23.7 Å². The lowest BCUT2D eigenvalue weighted by Gasteiger charge is -2.13. The Balaban J connectivity index is 1.51. The zero-order chi connectivity index (χ0) is 20.5. The first-order chi connectivity index (χ1) is 14.1. The topological polar surface area (TPSA) is 76.7 Å². The molecule has 0 radical (unpaired) electrons. The fourth-order valence-electron chi connectivity index (χ4n) is 2.60. The van der Waals surface area contributed by atoms with Crippen LogP contribution in [-0.4, -0.2) is 18.4 Å². The summed E-state index contributed by atoms with van der Waals surface area (Å²) >= 11 is 0. The lowest BCUT2D eigenvalue weighted by Crippen LogP contribution is -2.43. The van der Waals surface area contributed by atoms with Crippen LogP contribution in [-0.2, 0) is 11.4 Å². The minimum Gasteiger partial charge on any atom is -0.488 e. The molecule has 0 aliphatic rings. The van der Waals surface area contributed by atoms with E-state index < -0.39 is 11.8 Å². The second-order valence-corrected chi connectivity index (χ2v) is 6.38. The van der Waals surface area contributed by atoms with Crippen LogP contribution in [0.2, 0.25) is 0 Å². The third kappa shape index (κ3) is 6.10. The zero-order valence-corrected chi connectivity index (χ0v) is 16.1. The van der Waals surface area contributed by atoms with Gasteiger partial charge in [0.25, 0.3) is 11.8 Å². The fourth-order valence-corrected chi connectivity index (χ4v) is 2.60. The maximum Gasteiger partial charge on any atom is 0.276 e. The number of amides is 2. The Labute approximate surface area is 169 Å². The smallest absolute Gasteiger partial charge is 0.276 e. The lowest BCUT2D eigenvalue weighted by atomic mass is 10.2. The van der Waals surface area contributed by atoms with E-state index in [-0.39, 0.29) is 6.61 Å². The normalized spacial score (nSPS) is 10.1. The summed E-state index contributed by atoms with van der Waals surface area (Å²) in [4.78, 5) is 24.4. The van der Waals surface area contributed by atoms with Crippen LogP contribution in [0, 0.1) is 6.92 Å². The number of rotatable bonds is 7. The predicted molar refractivity (Wildman–Crippen MR) is 109 cm³/mol. The van der Waals surface area contributed by atoms with E-state index in [1.165, 1.54) is 0 Å². The highest BCUT2D eigenvalue weighted by atomic mass is 16.5. The molecule has 0 aromatic heterocycles. The Morgan fingerprint density at radius 1 is 0.828 bits per heavy atom. The molecule has 0 aliphatic heterocycles. The summed E-state index contributed by atoms with van der Waals surface area (Å²) < 4.78 is 11.2. The average molecular weight is 390 g/mol. The fraction of sp³-hybridized carbons (Fsp3) is 0.130. The first-order valence-corrected chi connectivity index (χ1v) is 9.16. The summed E-state index contributed by atoms with van der Waals surface area (Å²) in [5.74, 6) is 0.0744. The standard InChI is InChI=1S/C23H22N2O4/c1-17-8-7-11-19(14-17)28-16-22(26)24-25-23(27)20-12-5-6-13-21(20)29-15-18-9-3-2-4-10-18/h2-14H,15-16H2,1H3,(H,24,26)(H,25,27). The van der Waals surface area contributed by atoms with Crippen LogP contribution in [0.25, 0.3) is 0 Å². The Morgan fingerprint density at radius 2 is 1.59 bits per heavy atom. The van der Waals surface area contributed by atoms with Gasteiger partial charge in [0, 0.05) is 0 Å². The van der Waals surface area contributed by atoms with Gasteiger partial charge in [-0.3, -0.25) is 20.4 Å². The van der Waals surface area contributed by atoms with Crippen molar-refractivity contribution in [3.8, 4) is 11.5 Å². The average Bonchev–Trinajstić information content (AvgIpc) is 2.75. The molecule has 0 heterocycles. The summed E-state index contributed by atoms with van der Waals surface area (Å²) in [5.41, 5.74) is 7.08. The molecule has 2 N–H and O–H groups in total. The number of aryl methyl sites for hydroxylation is 1. The molecule has 0 aliphatic carbocycles. The zero-order valence-electron chi connectivity index (χ0n) is 16.1. The highest BCUT2D eigenvalue weighted by molar-refractivity contribution is 5.97. The maximum atomic E-state index is 12.5. The molecular weight excluding hydrogens is 368 g/mol. The van der Waals surface area contributed by atoms with E-state index in [0.717, 1.165) is 11.1 Å². The molecule has 0 bridgehead atoms. The molecule has 148 valence electrons. The van der Waals surface area contributed by atoms with Crippen molar-refractivity contribution in [3.63, 3.8) is 0 Å². The number of nitrogens with one attached hydrogen (secondary N) is 2. The van der Waals surface area contributed by atoms with Crippen LogP contribution in [0.4, 0.5) is 0 Å². The van der Waals surface area contributed by atoms with Crippen molar-refractivity contribution in [2.45, 2.75) is 13.5 Å². The lowest BCUT2D eigenvalue weighted by molar-refractivity contribution is -0.123. The van der Waals surface area contributed by atoms with Gasteiger partial charge in [-0.2, -0.15) is 0 Å². The second kappa shape index (κ2) is 9.94. The van der Waals surface area contributed by atoms with Crippen molar-refractivity contribution in [1.82, 2.24) is 10.9 Å². The van der Waals surface area contributed by atoms with Gasteiger partial charge in [0.2, 0.25) is 0 Å². The van der Waals surface area contributed by atoms with E-state index >= 15 is 0 Å². The van der Waals surface area contributed by atoms with Gasteiger partial charge in [0.1, 0.15) is 18.1 Å². The highest BCUT2D eigenvalue weighted by Crippen LogP contribution is 2.19. The highest BCUT2D eigenvalue weighted by Gasteiger charge is 2.13. The van der Waals surface area contributed by atoms with Crippen LogP contribution >= 0.6 is 0 Å². The molecule has 3 aromatic carbocycles. The minimum atomic E-state index is -0.474. The van der Waals surface area contributed by atoms with Crippen LogP contribution in [0.3, 0.4) is 0 Å². The Kier molecular flexibility index (Phi) is 6.84. The largest absolute Gasteiger partial charge is 0.488 e. The monoisotopic (exact) mass is 390 g/mol. The van der Waals surface area contributed by atoms with Crippen LogP contribution in [0.1, 0.15) is 21.5 Å². The summed E-state index contributed by atoms with van der Waals surface area (Å²) in [5, 5.41) is 0. The predicted octanol–water partition coefficient (Wildman–Crippen LogP) is 3.41. The number of para-hydroxylation sites is 1. The Morgan fingerprint density at radius 3 is 2.38 bits per heavy atom. The summed E-state index contributed by atoms with van der Waals surface area (Å²) in [6, 6.07) is 23.9. The molecule has 3 aromatic rings. The molecule has 2 amide bonds. The van der Waals surface area contributed by atoms with Crippen molar-refractivity contribution < 1.29 is 19.1 Å². The van der Waals surface area contributed by atoms with Gasteiger partial charge in [-0.05, 0) is 42.3 Å². The molecule has 0 spiro atoms. The number of hydrogen-bond donors (Lipinski definition) is 2. The Hall–Kier alpha value is -3.80. The molecule has 0 atom stereocenters. The van der Waals surface area contributed by atoms with E-state index in [2.05, 4.69) is 10.9 Å². The first-order valence-electron chi connectivity index (χ1n) is 9.16. The van der Waals surface area contributed by atoms with E-state index in [1.54, 1.807) is 30.3 Å². The maximum absolute atomic E-state index is 12.5. The van der Waals surface area contributed by atoms with Gasteiger partial charge in [0.15, 0.2) is 6.61 Å². The van der Waals surface area contributed by atoms with Gasteiger partial charge in [0.05, 0.1) is 5.56 Å². The molecule has 0 saturated heterocycles. The van der Waals surface area contributed by atoms with E-state index in [4.69, 9.17) is 9.47 Å². The third-order valence-electron chi connectivity index (χ3n) is 4.04. The second-order valence-electron chi connectivity index (χ2n) is 6.38. The van der Waals surface area contributed by atoms with Crippen molar-refractivity contribution in [2.24, 2.45) is 0 Å². The SMILES string of the molecule is Cc1cccc(OCC(=O)NNC(=O)c2ccccc2OCc2ccccc2)c1. The van der Waals surface area contributed by atoms with Crippen molar-refractivity contribution in [3.05, 3.63) is 95.6 Å². The molecule has 0 fully saturated rings. The summed E-state index contributed by atoms with van der Waals surface area (Å²) in [6.45, 7) is 2.06. The summed E-state index contributed by atoms with van der Waals surface area (Å²) in [7, 11) is 0. The molecule has 29 heavy (non-hydrogen) atoms. The molecule has 0 unspecified atom stereocenters. The van der Waals surface area contributed by atoms with Crippen molar-refractivity contribution >= 4 is 11.8 Å². The van der Waals surface area contributed by atoms with Crippen LogP contribution in [0.15, 0.2) is 78.9 Å². The van der Waals surface area contributed by atoms with Gasteiger partial charge < -0.3 is 9.47 Å². The van der Waals surface area contributed by atoms with Gasteiger partial charge in [-0.15, -0.1) is 0 Å². The Bertz CT molecular complexity index is 973. The number of ether oxygens (including phenoxy) is 2. The molecule has 0 saturated carbocycles. The molecule has 6 heteroatoms. The van der Waals surface area contributed by atoms with Gasteiger partial charge in [-0.1, -0.05) is 54.6 Å². The summed E-state index contributed by atoms with van der Waals surface area (Å²) in [6.07, 6.45) is 0. The number of benzene rings is 3. The first kappa shape index (κ1) is 19.9. The number of carbonyl (C=O) groups is 2. The molecule has 6 nitrogen and oxygen atoms in total. The number of carbonyl (C=O) groups excluding carboxylic acids is 2. The quantitative estimate of drug-likeness (QED) is 0.606. The number of hydrogen-bond acceptors (Lipinski definition) is 4. The van der Waals surface area contributed by atoms with Crippen LogP contribution in [0.5, 0.6) is 11.5 Å². The third-order valence-corrected chi connectivity index (χ3v) is 4.04. The van der Waals surface area contributed by atoms with E-state index in [1.807, 2.05) is 55.5 Å². The van der Waals surface area contributed by atoms with Gasteiger partial charge in [-0.25, -0.2) is 0 Å². The van der Waals surface area contributed by atoms with Crippen molar-refractivity contribution in [2.75, 3.05) is 6.61 Å². The van der Waals surface area contributed by atoms with Crippen LogP contribution < -0.4 is 20.3 Å². The molecule has 3 rings (SSSR count). The number of hydrazine groups is 1. The minimum absolute atomic E-state index is 0.212. The van der Waals surface area contributed by atoms with Gasteiger partial charge >= 0.3 is 0 Å².